The molecule has 0 aliphatic heterocycles. The van der Waals surface area contributed by atoms with Crippen molar-refractivity contribution in [3.05, 3.63) is 35.4 Å². The molecule has 0 amide bonds. The van der Waals surface area contributed by atoms with Gasteiger partial charge in [-0.3, -0.25) is 0 Å². The summed E-state index contributed by atoms with van der Waals surface area (Å²) in [5, 5.41) is 0. The van der Waals surface area contributed by atoms with Gasteiger partial charge in [-0.15, -0.1) is 0 Å². The average Bonchev–Trinajstić information content (AvgIpc) is 2.71. The van der Waals surface area contributed by atoms with E-state index in [0.29, 0.717) is 51.7 Å². The Morgan fingerprint density at radius 3 is 1.36 bits per heavy atom. The molecule has 0 heterocycles. The summed E-state index contributed by atoms with van der Waals surface area (Å²) in [5.74, 6) is 0. The topological polar surface area (TPSA) is 61.6 Å². The minimum atomic E-state index is 0.371. The number of rotatable bonds is 12. The van der Waals surface area contributed by atoms with Crippen molar-refractivity contribution in [2.24, 2.45) is 9.98 Å². The summed E-state index contributed by atoms with van der Waals surface area (Å²) in [6.07, 6.45) is 4.89. The Balaban J connectivity index is 2.58. The summed E-state index contributed by atoms with van der Waals surface area (Å²) in [7, 11) is 0. The Hall–Kier alpha value is -2.24. The third-order valence-corrected chi connectivity index (χ3v) is 3.79. The van der Waals surface area contributed by atoms with E-state index < -0.39 is 0 Å². The van der Waals surface area contributed by atoms with Crippen LogP contribution in [0.3, 0.4) is 0 Å². The molecule has 1 aromatic carbocycles. The molecule has 0 saturated heterocycles. The molecule has 0 saturated carbocycles. The number of unbranched alkanes of at least 4 members (excludes halogenated alkanes) is 2. The number of hydrogen-bond donors (Lipinski definition) is 0. The predicted octanol–water partition coefficient (Wildman–Crippen LogP) is 5.11. The molecule has 0 aliphatic carbocycles. The maximum absolute atomic E-state index is 5.58. The number of hydrogen-bond acceptors (Lipinski definition) is 6. The number of benzene rings is 1. The van der Waals surface area contributed by atoms with Gasteiger partial charge in [0, 0.05) is 0 Å². The van der Waals surface area contributed by atoms with Crippen molar-refractivity contribution in [2.75, 3.05) is 26.4 Å². The Kier molecular flexibility index (Phi) is 13.4. The van der Waals surface area contributed by atoms with Crippen LogP contribution in [0.25, 0.3) is 0 Å². The van der Waals surface area contributed by atoms with Crippen LogP contribution < -0.4 is 0 Å². The molecule has 0 atom stereocenters. The van der Waals surface area contributed by atoms with Crippen molar-refractivity contribution in [1.82, 2.24) is 0 Å². The van der Waals surface area contributed by atoms with Crippen LogP contribution in [0, 0.1) is 0 Å². The Morgan fingerprint density at radius 1 is 0.643 bits per heavy atom. The van der Waals surface area contributed by atoms with Crippen LogP contribution in [-0.2, 0) is 32.0 Å². The van der Waals surface area contributed by atoms with Crippen LogP contribution in [0.1, 0.15) is 64.5 Å². The molecule has 0 radical (unpaired) electrons. The fourth-order valence-electron chi connectivity index (χ4n) is 2.18. The van der Waals surface area contributed by atoms with E-state index in [1.54, 1.807) is 0 Å². The highest BCUT2D eigenvalue weighted by atomic mass is 16.7. The quantitative estimate of drug-likeness (QED) is 0.282. The van der Waals surface area contributed by atoms with Crippen LogP contribution >= 0.6 is 0 Å². The van der Waals surface area contributed by atoms with E-state index in [1.807, 2.05) is 38.1 Å². The monoisotopic (exact) mass is 392 g/mol. The molecule has 158 valence electrons. The molecule has 0 bridgehead atoms. The van der Waals surface area contributed by atoms with Crippen LogP contribution in [0.15, 0.2) is 34.3 Å². The molecule has 6 heteroatoms. The second-order valence-electron chi connectivity index (χ2n) is 6.25. The van der Waals surface area contributed by atoms with Crippen molar-refractivity contribution in [1.29, 1.82) is 0 Å². The molecule has 1 aromatic rings. The van der Waals surface area contributed by atoms with E-state index >= 15 is 0 Å². The van der Waals surface area contributed by atoms with Gasteiger partial charge in [0.2, 0.25) is 0 Å². The van der Waals surface area contributed by atoms with Crippen molar-refractivity contribution in [3.8, 4) is 0 Å². The normalized spacial score (nSPS) is 12.0. The van der Waals surface area contributed by atoms with E-state index in [1.165, 1.54) is 0 Å². The Morgan fingerprint density at radius 2 is 1.04 bits per heavy atom. The maximum atomic E-state index is 5.58. The minimum Gasteiger partial charge on any atom is -0.451 e. The van der Waals surface area contributed by atoms with E-state index in [2.05, 4.69) is 23.8 Å². The van der Waals surface area contributed by atoms with Crippen molar-refractivity contribution >= 4 is 12.2 Å². The highest BCUT2D eigenvalue weighted by Crippen LogP contribution is 2.08. The molecule has 0 N–H and O–H groups in total. The summed E-state index contributed by atoms with van der Waals surface area (Å²) >= 11 is 0. The van der Waals surface area contributed by atoms with Crippen molar-refractivity contribution in [2.45, 2.75) is 66.5 Å². The Labute approximate surface area is 170 Å². The molecule has 0 spiro atoms. The fourth-order valence-corrected chi connectivity index (χ4v) is 2.18. The van der Waals surface area contributed by atoms with Crippen molar-refractivity contribution < 1.29 is 18.9 Å². The van der Waals surface area contributed by atoms with E-state index in [4.69, 9.17) is 18.9 Å². The first-order chi connectivity index (χ1) is 13.7. The second-order valence-corrected chi connectivity index (χ2v) is 6.25. The van der Waals surface area contributed by atoms with Gasteiger partial charge >= 0.3 is 12.2 Å². The highest BCUT2D eigenvalue weighted by molar-refractivity contribution is 5.67. The summed E-state index contributed by atoms with van der Waals surface area (Å²) in [6, 6.07) is 8.18. The molecule has 28 heavy (non-hydrogen) atoms. The van der Waals surface area contributed by atoms with Gasteiger partial charge in [-0.25, -0.2) is 9.98 Å². The largest absolute Gasteiger partial charge is 0.451 e. The smallest absolute Gasteiger partial charge is 0.383 e. The average molecular weight is 393 g/mol. The highest BCUT2D eigenvalue weighted by Gasteiger charge is 2.03. The summed E-state index contributed by atoms with van der Waals surface area (Å²) in [5.41, 5.74) is 2.18. The number of ether oxygens (including phenoxy) is 4. The van der Waals surface area contributed by atoms with E-state index in [0.717, 1.165) is 36.8 Å². The van der Waals surface area contributed by atoms with Gasteiger partial charge in [0.25, 0.3) is 0 Å². The van der Waals surface area contributed by atoms with Crippen molar-refractivity contribution in [3.63, 3.8) is 0 Å². The molecule has 0 aliphatic rings. The van der Waals surface area contributed by atoms with Gasteiger partial charge in [-0.05, 0) is 37.8 Å². The van der Waals surface area contributed by atoms with E-state index in [-0.39, 0.29) is 0 Å². The minimum absolute atomic E-state index is 0.371. The standard InChI is InChI=1S/C22H36N2O4/c1-5-9-15-27-21(25-7-3)23-17-19-11-13-20(14-12-19)18-24-22(26-8-4)28-16-10-6-2/h11-14H,5-10,15-18H2,1-4H3. The summed E-state index contributed by atoms with van der Waals surface area (Å²) in [6.45, 7) is 11.5. The van der Waals surface area contributed by atoms with Gasteiger partial charge in [-0.1, -0.05) is 51.0 Å². The first kappa shape index (κ1) is 23.8. The lowest BCUT2D eigenvalue weighted by atomic mass is 10.1. The SMILES string of the molecule is CCCCOC(=NCc1ccc(CN=C(OCC)OCCCC)cc1)OCC. The lowest BCUT2D eigenvalue weighted by Gasteiger charge is -2.09. The lowest BCUT2D eigenvalue weighted by Crippen LogP contribution is -2.11. The number of nitrogens with zero attached hydrogens (tertiary/aromatic N) is 2. The molecule has 0 aromatic heterocycles. The molecule has 6 nitrogen and oxygen atoms in total. The molecule has 0 fully saturated rings. The van der Waals surface area contributed by atoms with Gasteiger partial charge in [0.05, 0.1) is 39.5 Å². The van der Waals surface area contributed by atoms with Gasteiger partial charge in [-0.2, -0.15) is 0 Å². The first-order valence-electron chi connectivity index (χ1n) is 10.4. The predicted molar refractivity (Wildman–Crippen MR) is 114 cm³/mol. The second kappa shape index (κ2) is 15.8. The summed E-state index contributed by atoms with van der Waals surface area (Å²) in [4.78, 5) is 8.86. The lowest BCUT2D eigenvalue weighted by molar-refractivity contribution is 0.168. The third kappa shape index (κ3) is 10.8. The van der Waals surface area contributed by atoms with Crippen LogP contribution in [0.4, 0.5) is 0 Å². The Bertz CT molecular complexity index is 519. The molecule has 0 unspecified atom stereocenters. The fraction of sp³-hybridized carbons (Fsp3) is 0.636. The van der Waals surface area contributed by atoms with Crippen LogP contribution in [0.2, 0.25) is 0 Å². The zero-order valence-corrected chi connectivity index (χ0v) is 17.9. The van der Waals surface area contributed by atoms with Crippen LogP contribution in [0.5, 0.6) is 0 Å². The van der Waals surface area contributed by atoms with Gasteiger partial charge in [0.15, 0.2) is 0 Å². The summed E-state index contributed by atoms with van der Waals surface area (Å²) < 4.78 is 22.0. The maximum Gasteiger partial charge on any atom is 0.383 e. The zero-order valence-electron chi connectivity index (χ0n) is 17.9. The molecular weight excluding hydrogens is 356 g/mol. The van der Waals surface area contributed by atoms with Gasteiger partial charge < -0.3 is 18.9 Å². The zero-order chi connectivity index (χ0) is 20.5. The van der Waals surface area contributed by atoms with Gasteiger partial charge in [0.1, 0.15) is 0 Å². The first-order valence-corrected chi connectivity index (χ1v) is 10.4. The van der Waals surface area contributed by atoms with Crippen LogP contribution in [-0.4, -0.2) is 38.6 Å². The van der Waals surface area contributed by atoms with E-state index in [9.17, 15) is 0 Å². The molecular formula is C22H36N2O4. The third-order valence-electron chi connectivity index (χ3n) is 3.79. The number of aliphatic imine (C=N–C) groups is 2. The molecule has 1 rings (SSSR count).